The van der Waals surface area contributed by atoms with E-state index in [4.69, 9.17) is 25.9 Å². The normalized spacial score (nSPS) is 12.2. The molecule has 3 aromatic rings. The number of carbonyl (C=O) groups is 1. The van der Waals surface area contributed by atoms with Crippen LogP contribution < -0.4 is 30.7 Å². The Balaban J connectivity index is 1.62. The monoisotopic (exact) mass is 541 g/mol. The minimum absolute atomic E-state index is 0.183. The predicted molar refractivity (Wildman–Crippen MR) is 145 cm³/mol. The van der Waals surface area contributed by atoms with E-state index >= 15 is 0 Å². The number of methoxy groups -OCH3 is 1. The maximum absolute atomic E-state index is 12.1. The Bertz CT molecular complexity index is 1340. The zero-order valence-corrected chi connectivity index (χ0v) is 21.9. The topological polar surface area (TPSA) is 133 Å². The zero-order chi connectivity index (χ0) is 27.2. The van der Waals surface area contributed by atoms with E-state index in [1.54, 1.807) is 24.3 Å². The summed E-state index contributed by atoms with van der Waals surface area (Å²) in [6.45, 7) is 4.77. The van der Waals surface area contributed by atoms with Gasteiger partial charge in [0.25, 0.3) is 0 Å². The number of rotatable bonds is 11. The number of halogens is 1. The van der Waals surface area contributed by atoms with E-state index in [0.717, 1.165) is 10.8 Å². The van der Waals surface area contributed by atoms with Crippen molar-refractivity contribution in [2.24, 2.45) is 0 Å². The smallest absolute Gasteiger partial charge is 0.247 e. The van der Waals surface area contributed by atoms with Gasteiger partial charge in [-0.25, -0.2) is 9.82 Å². The van der Waals surface area contributed by atoms with Crippen LogP contribution in [0.15, 0.2) is 49.2 Å². The summed E-state index contributed by atoms with van der Waals surface area (Å²) in [6, 6.07) is 8.64. The number of carbonyl (C=O) groups excluding carboxylic acids is 1. The molecule has 1 aliphatic heterocycles. The van der Waals surface area contributed by atoms with Crippen molar-refractivity contribution in [2.45, 2.75) is 6.61 Å². The Morgan fingerprint density at radius 1 is 1.26 bits per heavy atom. The largest absolute Gasteiger partial charge is 0.494 e. The highest BCUT2D eigenvalue weighted by atomic mass is 35.5. The summed E-state index contributed by atoms with van der Waals surface area (Å²) in [4.78, 5) is 28.0. The fourth-order valence-corrected chi connectivity index (χ4v) is 3.69. The lowest BCUT2D eigenvalue weighted by atomic mass is 10.1. The Hall–Kier alpha value is -4.10. The van der Waals surface area contributed by atoms with Gasteiger partial charge in [-0.1, -0.05) is 24.2 Å². The molecule has 13 heteroatoms. The number of fused-ring (bicyclic) bond motifs is 1. The molecular formula is C25H28ClN7O5. The number of amides is 1. The number of hydrogen-bond acceptors (Lipinski definition) is 11. The molecule has 0 radical (unpaired) electrons. The van der Waals surface area contributed by atoms with Crippen LogP contribution in [0.1, 0.15) is 5.56 Å². The molecule has 4 N–H and O–H groups in total. The van der Waals surface area contributed by atoms with Crippen molar-refractivity contribution in [3.63, 3.8) is 0 Å². The summed E-state index contributed by atoms with van der Waals surface area (Å²) in [5.41, 5.74) is 2.82. The molecule has 4 rings (SSSR count). The van der Waals surface area contributed by atoms with Crippen LogP contribution in [0, 0.1) is 0 Å². The van der Waals surface area contributed by atoms with E-state index in [1.807, 2.05) is 25.1 Å². The third-order valence-corrected chi connectivity index (χ3v) is 5.75. The molecule has 2 heterocycles. The van der Waals surface area contributed by atoms with Gasteiger partial charge in [0.1, 0.15) is 35.4 Å². The van der Waals surface area contributed by atoms with Crippen LogP contribution in [0.2, 0.25) is 5.02 Å². The van der Waals surface area contributed by atoms with Gasteiger partial charge in [-0.2, -0.15) is 4.98 Å². The first-order valence-electron chi connectivity index (χ1n) is 11.5. The summed E-state index contributed by atoms with van der Waals surface area (Å²) in [5, 5.41) is 19.9. The first kappa shape index (κ1) is 26.9. The number of aromatic nitrogens is 2. The van der Waals surface area contributed by atoms with Gasteiger partial charge in [-0.3, -0.25) is 10.0 Å². The molecule has 38 heavy (non-hydrogen) atoms. The highest BCUT2D eigenvalue weighted by Crippen LogP contribution is 2.39. The quantitative estimate of drug-likeness (QED) is 0.258. The van der Waals surface area contributed by atoms with Crippen LogP contribution in [0.5, 0.6) is 11.5 Å². The van der Waals surface area contributed by atoms with Crippen molar-refractivity contribution in [1.29, 1.82) is 0 Å². The second-order valence-electron chi connectivity index (χ2n) is 8.38. The van der Waals surface area contributed by atoms with Crippen LogP contribution in [-0.2, 0) is 16.2 Å². The molecule has 0 spiro atoms. The first-order chi connectivity index (χ1) is 18.3. The van der Waals surface area contributed by atoms with E-state index in [1.165, 1.54) is 19.4 Å². The SMILES string of the molecule is C=CC(=O)Nc1cc(Nc2ncc(Cl)c(Nc3cccc4c3CON4O)n2)c(OC)cc1OCCN(C)C. The number of hydrogen-bond donors (Lipinski definition) is 4. The summed E-state index contributed by atoms with van der Waals surface area (Å²) in [5.74, 6) is 1.02. The van der Waals surface area contributed by atoms with E-state index in [-0.39, 0.29) is 17.6 Å². The van der Waals surface area contributed by atoms with Gasteiger partial charge in [0.15, 0.2) is 5.82 Å². The van der Waals surface area contributed by atoms with Gasteiger partial charge in [-0.05, 0) is 38.4 Å². The fraction of sp³-hybridized carbons (Fsp3) is 0.240. The van der Waals surface area contributed by atoms with E-state index in [0.29, 0.717) is 53.2 Å². The lowest BCUT2D eigenvalue weighted by molar-refractivity contribution is -0.111. The second kappa shape index (κ2) is 12.0. The molecule has 1 amide bonds. The first-order valence-corrected chi connectivity index (χ1v) is 11.9. The molecule has 0 saturated carbocycles. The molecule has 12 nitrogen and oxygen atoms in total. The molecular weight excluding hydrogens is 514 g/mol. The molecule has 200 valence electrons. The van der Waals surface area contributed by atoms with Gasteiger partial charge in [-0.15, -0.1) is 5.23 Å². The standard InChI is InChI=1S/C25H28ClN7O5/c1-5-23(34)28-19-11-18(21(36-4)12-22(19)37-10-9-32(2)3)30-25-27-13-16(26)24(31-25)29-17-7-6-8-20-15(17)14-38-33(20)35/h5-8,11-13,35H,1,9-10,14H2,2-4H3,(H,28,34)(H2,27,29,30,31). The molecule has 0 aliphatic carbocycles. The van der Waals surface area contributed by atoms with Crippen molar-refractivity contribution in [2.75, 3.05) is 55.5 Å². The maximum Gasteiger partial charge on any atom is 0.247 e. The summed E-state index contributed by atoms with van der Waals surface area (Å²) in [7, 11) is 5.39. The molecule has 1 aliphatic rings. The second-order valence-corrected chi connectivity index (χ2v) is 8.79. The van der Waals surface area contributed by atoms with E-state index in [9.17, 15) is 10.0 Å². The van der Waals surface area contributed by atoms with Gasteiger partial charge in [0, 0.05) is 23.9 Å². The molecule has 0 fully saturated rings. The average molecular weight is 542 g/mol. The van der Waals surface area contributed by atoms with E-state index in [2.05, 4.69) is 32.5 Å². The van der Waals surface area contributed by atoms with Gasteiger partial charge < -0.3 is 30.3 Å². The Labute approximate surface area is 224 Å². The highest BCUT2D eigenvalue weighted by molar-refractivity contribution is 6.33. The zero-order valence-electron chi connectivity index (χ0n) is 21.1. The predicted octanol–water partition coefficient (Wildman–Crippen LogP) is 4.33. The van der Waals surface area contributed by atoms with Crippen LogP contribution in [0.25, 0.3) is 0 Å². The maximum atomic E-state index is 12.1. The molecule has 2 aromatic carbocycles. The molecule has 0 bridgehead atoms. The van der Waals surface area contributed by atoms with Crippen molar-refractivity contribution >= 4 is 52.0 Å². The summed E-state index contributed by atoms with van der Waals surface area (Å²) in [6.07, 6.45) is 2.62. The Morgan fingerprint density at radius 3 is 2.82 bits per heavy atom. The van der Waals surface area contributed by atoms with Crippen LogP contribution in [0.3, 0.4) is 0 Å². The van der Waals surface area contributed by atoms with Crippen LogP contribution in [0.4, 0.5) is 34.5 Å². The minimum atomic E-state index is -0.395. The van der Waals surface area contributed by atoms with Crippen LogP contribution in [-0.4, -0.2) is 60.3 Å². The number of ether oxygens (including phenoxy) is 2. The molecule has 0 atom stereocenters. The van der Waals surface area contributed by atoms with Gasteiger partial charge in [0.05, 0.1) is 24.7 Å². The van der Waals surface area contributed by atoms with Crippen molar-refractivity contribution < 1.29 is 24.3 Å². The van der Waals surface area contributed by atoms with Crippen molar-refractivity contribution in [3.05, 3.63) is 59.8 Å². The summed E-state index contributed by atoms with van der Waals surface area (Å²) >= 11 is 6.37. The fourth-order valence-electron chi connectivity index (χ4n) is 3.55. The summed E-state index contributed by atoms with van der Waals surface area (Å²) < 4.78 is 11.5. The van der Waals surface area contributed by atoms with Crippen molar-refractivity contribution in [1.82, 2.24) is 14.9 Å². The van der Waals surface area contributed by atoms with E-state index < -0.39 is 5.91 Å². The average Bonchev–Trinajstić information content (AvgIpc) is 3.28. The van der Waals surface area contributed by atoms with Crippen LogP contribution >= 0.6 is 11.6 Å². The van der Waals surface area contributed by atoms with Crippen molar-refractivity contribution in [3.8, 4) is 11.5 Å². The third kappa shape index (κ3) is 6.23. The minimum Gasteiger partial charge on any atom is -0.494 e. The molecule has 0 unspecified atom stereocenters. The highest BCUT2D eigenvalue weighted by Gasteiger charge is 2.22. The lowest BCUT2D eigenvalue weighted by Crippen LogP contribution is -2.20. The Morgan fingerprint density at radius 2 is 2.08 bits per heavy atom. The molecule has 1 aromatic heterocycles. The van der Waals surface area contributed by atoms with Gasteiger partial charge >= 0.3 is 0 Å². The lowest BCUT2D eigenvalue weighted by Gasteiger charge is -2.18. The third-order valence-electron chi connectivity index (χ3n) is 5.47. The Kier molecular flexibility index (Phi) is 8.48. The number of nitrogens with one attached hydrogen (secondary N) is 3. The molecule has 0 saturated heterocycles. The number of nitrogens with zero attached hydrogens (tertiary/aromatic N) is 4. The van der Waals surface area contributed by atoms with Gasteiger partial charge in [0.2, 0.25) is 11.9 Å². The number of benzene rings is 2. The number of anilines is 6. The number of likely N-dealkylation sites (N-methyl/N-ethyl adjacent to an activating group) is 1.